The van der Waals surface area contributed by atoms with E-state index < -0.39 is 0 Å². The molecule has 72 valence electrons. The van der Waals surface area contributed by atoms with Gasteiger partial charge in [0.1, 0.15) is 6.07 Å². The average Bonchev–Trinajstić information content (AvgIpc) is 2.30. The smallest absolute Gasteiger partial charge is 0.101 e. The number of hydrogen-bond donors (Lipinski definition) is 1. The van der Waals surface area contributed by atoms with Gasteiger partial charge in [0.05, 0.1) is 5.56 Å². The molecule has 0 aliphatic heterocycles. The van der Waals surface area contributed by atoms with Crippen LogP contribution in [0.15, 0.2) is 53.4 Å². The summed E-state index contributed by atoms with van der Waals surface area (Å²) in [6, 6.07) is 17.7. The Hall–Kier alpha value is -1.72. The first-order valence-electron chi connectivity index (χ1n) is 4.60. The van der Waals surface area contributed by atoms with Crippen LogP contribution in [0.4, 0.5) is 0 Å². The van der Waals surface area contributed by atoms with Crippen LogP contribution in [0.25, 0.3) is 11.1 Å². The molecule has 0 spiro atoms. The standard InChI is InChI=1S/C13H9NS/c14-9-12-11(7-4-8-13(12)15)10-5-2-1-3-6-10/h1-8,15H. The van der Waals surface area contributed by atoms with Crippen molar-refractivity contribution in [1.29, 1.82) is 5.26 Å². The van der Waals surface area contributed by atoms with Crippen LogP contribution in [0.3, 0.4) is 0 Å². The van der Waals surface area contributed by atoms with Crippen LogP contribution >= 0.6 is 12.6 Å². The van der Waals surface area contributed by atoms with E-state index in [1.807, 2.05) is 48.5 Å². The molecule has 0 aliphatic carbocycles. The molecule has 0 bridgehead atoms. The molecule has 0 N–H and O–H groups in total. The zero-order valence-corrected chi connectivity index (χ0v) is 8.91. The SMILES string of the molecule is N#Cc1c(S)cccc1-c1ccccc1. The van der Waals surface area contributed by atoms with Gasteiger partial charge in [-0.3, -0.25) is 0 Å². The Kier molecular flexibility index (Phi) is 2.75. The Morgan fingerprint density at radius 1 is 0.933 bits per heavy atom. The second kappa shape index (κ2) is 4.20. The van der Waals surface area contributed by atoms with E-state index in [0.29, 0.717) is 5.56 Å². The predicted molar refractivity (Wildman–Crippen MR) is 63.8 cm³/mol. The van der Waals surface area contributed by atoms with Crippen LogP contribution in [0.5, 0.6) is 0 Å². The Bertz CT molecular complexity index is 512. The first-order chi connectivity index (χ1) is 7.33. The fraction of sp³-hybridized carbons (Fsp3) is 0. The molecule has 1 nitrogen and oxygen atoms in total. The predicted octanol–water partition coefficient (Wildman–Crippen LogP) is 3.51. The van der Waals surface area contributed by atoms with Crippen molar-refractivity contribution in [3.63, 3.8) is 0 Å². The quantitative estimate of drug-likeness (QED) is 0.717. The van der Waals surface area contributed by atoms with Crippen LogP contribution in [0.1, 0.15) is 5.56 Å². The Morgan fingerprint density at radius 3 is 2.33 bits per heavy atom. The summed E-state index contributed by atoms with van der Waals surface area (Å²) in [5.41, 5.74) is 2.61. The fourth-order valence-electron chi connectivity index (χ4n) is 1.52. The highest BCUT2D eigenvalue weighted by molar-refractivity contribution is 7.80. The van der Waals surface area contributed by atoms with Gasteiger partial charge >= 0.3 is 0 Å². The van der Waals surface area contributed by atoms with Gasteiger partial charge in [0.25, 0.3) is 0 Å². The molecule has 2 rings (SSSR count). The van der Waals surface area contributed by atoms with Gasteiger partial charge in [-0.2, -0.15) is 5.26 Å². The van der Waals surface area contributed by atoms with E-state index in [1.54, 1.807) is 0 Å². The molecule has 0 heterocycles. The normalized spacial score (nSPS) is 9.60. The maximum atomic E-state index is 9.06. The van der Waals surface area contributed by atoms with E-state index in [2.05, 4.69) is 18.7 Å². The van der Waals surface area contributed by atoms with E-state index in [4.69, 9.17) is 5.26 Å². The molecular formula is C13H9NS. The van der Waals surface area contributed by atoms with Gasteiger partial charge in [0.15, 0.2) is 0 Å². The zero-order chi connectivity index (χ0) is 10.7. The van der Waals surface area contributed by atoms with Crippen LogP contribution < -0.4 is 0 Å². The first kappa shape index (κ1) is 9.82. The highest BCUT2D eigenvalue weighted by Gasteiger charge is 2.06. The van der Waals surface area contributed by atoms with E-state index in [-0.39, 0.29) is 0 Å². The molecule has 0 unspecified atom stereocenters. The Morgan fingerprint density at radius 2 is 1.67 bits per heavy atom. The van der Waals surface area contributed by atoms with Crippen molar-refractivity contribution in [2.24, 2.45) is 0 Å². The van der Waals surface area contributed by atoms with Gasteiger partial charge in [-0.25, -0.2) is 0 Å². The van der Waals surface area contributed by atoms with Crippen molar-refractivity contribution in [2.75, 3.05) is 0 Å². The molecule has 0 fully saturated rings. The van der Waals surface area contributed by atoms with Gasteiger partial charge < -0.3 is 0 Å². The van der Waals surface area contributed by atoms with Crippen LogP contribution in [-0.4, -0.2) is 0 Å². The van der Waals surface area contributed by atoms with Crippen molar-refractivity contribution in [3.8, 4) is 17.2 Å². The second-order valence-corrected chi connectivity index (χ2v) is 3.66. The summed E-state index contributed by atoms with van der Waals surface area (Å²) >= 11 is 4.28. The summed E-state index contributed by atoms with van der Waals surface area (Å²) < 4.78 is 0. The minimum absolute atomic E-state index is 0.632. The molecule has 0 atom stereocenters. The van der Waals surface area contributed by atoms with Crippen LogP contribution in [-0.2, 0) is 0 Å². The van der Waals surface area contributed by atoms with Crippen LogP contribution in [0, 0.1) is 11.3 Å². The molecule has 0 saturated carbocycles. The molecule has 0 saturated heterocycles. The average molecular weight is 211 g/mol. The molecule has 15 heavy (non-hydrogen) atoms. The molecule has 0 aromatic heterocycles. The van der Waals surface area contributed by atoms with E-state index in [0.717, 1.165) is 16.0 Å². The third kappa shape index (κ3) is 1.88. The summed E-state index contributed by atoms with van der Waals surface area (Å²) in [6.45, 7) is 0. The highest BCUT2D eigenvalue weighted by Crippen LogP contribution is 2.27. The third-order valence-corrected chi connectivity index (χ3v) is 2.61. The van der Waals surface area contributed by atoms with Gasteiger partial charge in [-0.1, -0.05) is 42.5 Å². The van der Waals surface area contributed by atoms with E-state index in [9.17, 15) is 0 Å². The molecule has 0 amide bonds. The molecule has 0 radical (unpaired) electrons. The Balaban J connectivity index is 2.65. The minimum Gasteiger partial charge on any atom is -0.192 e. The van der Waals surface area contributed by atoms with Crippen molar-refractivity contribution in [3.05, 3.63) is 54.1 Å². The largest absolute Gasteiger partial charge is 0.192 e. The van der Waals surface area contributed by atoms with Gasteiger partial charge in [-0.05, 0) is 11.6 Å². The van der Waals surface area contributed by atoms with Crippen molar-refractivity contribution in [1.82, 2.24) is 0 Å². The number of thiol groups is 1. The summed E-state index contributed by atoms with van der Waals surface area (Å²) in [6.07, 6.45) is 0. The summed E-state index contributed by atoms with van der Waals surface area (Å²) in [7, 11) is 0. The topological polar surface area (TPSA) is 23.8 Å². The van der Waals surface area contributed by atoms with E-state index >= 15 is 0 Å². The fourth-order valence-corrected chi connectivity index (χ4v) is 1.77. The van der Waals surface area contributed by atoms with E-state index in [1.165, 1.54) is 0 Å². The number of nitriles is 1. The first-order valence-corrected chi connectivity index (χ1v) is 5.05. The molecule has 2 aromatic rings. The molecule has 2 heteroatoms. The molecular weight excluding hydrogens is 202 g/mol. The monoisotopic (exact) mass is 211 g/mol. The van der Waals surface area contributed by atoms with Crippen molar-refractivity contribution < 1.29 is 0 Å². The van der Waals surface area contributed by atoms with Gasteiger partial charge in [-0.15, -0.1) is 12.6 Å². The summed E-state index contributed by atoms with van der Waals surface area (Å²) in [4.78, 5) is 0.721. The lowest BCUT2D eigenvalue weighted by molar-refractivity contribution is 1.37. The lowest BCUT2D eigenvalue weighted by atomic mass is 10.0. The minimum atomic E-state index is 0.632. The number of hydrogen-bond acceptors (Lipinski definition) is 2. The van der Waals surface area contributed by atoms with Gasteiger partial charge in [0, 0.05) is 10.5 Å². The van der Waals surface area contributed by atoms with Crippen molar-refractivity contribution >= 4 is 12.6 Å². The van der Waals surface area contributed by atoms with Crippen LogP contribution in [0.2, 0.25) is 0 Å². The third-order valence-electron chi connectivity index (χ3n) is 2.24. The van der Waals surface area contributed by atoms with Gasteiger partial charge in [0.2, 0.25) is 0 Å². The van der Waals surface area contributed by atoms with Crippen molar-refractivity contribution in [2.45, 2.75) is 4.90 Å². The summed E-state index contributed by atoms with van der Waals surface area (Å²) in [5.74, 6) is 0. The lowest BCUT2D eigenvalue weighted by Gasteiger charge is -2.05. The highest BCUT2D eigenvalue weighted by atomic mass is 32.1. The molecule has 0 aliphatic rings. The number of rotatable bonds is 1. The number of nitrogens with zero attached hydrogens (tertiary/aromatic N) is 1. The zero-order valence-electron chi connectivity index (χ0n) is 8.01. The molecule has 2 aromatic carbocycles. The maximum absolute atomic E-state index is 9.06. The number of benzene rings is 2. The lowest BCUT2D eigenvalue weighted by Crippen LogP contribution is -1.85. The summed E-state index contributed by atoms with van der Waals surface area (Å²) in [5, 5.41) is 9.06. The second-order valence-electron chi connectivity index (χ2n) is 3.18. The Labute approximate surface area is 94.4 Å². The maximum Gasteiger partial charge on any atom is 0.101 e.